The van der Waals surface area contributed by atoms with Gasteiger partial charge in [0.2, 0.25) is 0 Å². The van der Waals surface area contributed by atoms with Crippen molar-refractivity contribution in [3.8, 4) is 0 Å². The molecule has 2 unspecified atom stereocenters. The molecule has 1 aliphatic carbocycles. The van der Waals surface area contributed by atoms with E-state index in [0.29, 0.717) is 12.0 Å². The quantitative estimate of drug-likeness (QED) is 0.896. The van der Waals surface area contributed by atoms with Crippen LogP contribution in [0.3, 0.4) is 0 Å². The van der Waals surface area contributed by atoms with E-state index in [9.17, 15) is 4.79 Å². The Bertz CT molecular complexity index is 601. The molecule has 0 bridgehead atoms. The molecule has 0 spiro atoms. The van der Waals surface area contributed by atoms with Crippen molar-refractivity contribution in [3.05, 3.63) is 21.4 Å². The highest BCUT2D eigenvalue weighted by molar-refractivity contribution is 7.14. The normalized spacial score (nSPS) is 28.0. The van der Waals surface area contributed by atoms with Gasteiger partial charge in [-0.05, 0) is 60.6 Å². The first-order valence-electron chi connectivity index (χ1n) is 8.83. The summed E-state index contributed by atoms with van der Waals surface area (Å²) >= 11 is 1.73. The molecule has 1 aromatic heterocycles. The zero-order chi connectivity index (χ0) is 16.8. The van der Waals surface area contributed by atoms with Gasteiger partial charge in [-0.15, -0.1) is 11.3 Å². The number of aryl methyl sites for hydroxylation is 1. The van der Waals surface area contributed by atoms with Crippen molar-refractivity contribution in [1.29, 1.82) is 0 Å². The minimum Gasteiger partial charge on any atom is -0.337 e. The molecule has 2 heterocycles. The second-order valence-electron chi connectivity index (χ2n) is 8.86. The third kappa shape index (κ3) is 3.34. The lowest BCUT2D eigenvalue weighted by atomic mass is 9.72. The van der Waals surface area contributed by atoms with Gasteiger partial charge in [-0.1, -0.05) is 27.7 Å². The summed E-state index contributed by atoms with van der Waals surface area (Å²) in [6.07, 6.45) is 4.53. The number of nitrogens with two attached hydrogens (primary N) is 1. The van der Waals surface area contributed by atoms with Crippen LogP contribution in [0, 0.1) is 16.7 Å². The summed E-state index contributed by atoms with van der Waals surface area (Å²) in [6.45, 7) is 11.5. The van der Waals surface area contributed by atoms with E-state index in [-0.39, 0.29) is 11.3 Å². The number of rotatable bonds is 2. The van der Waals surface area contributed by atoms with Crippen molar-refractivity contribution in [3.63, 3.8) is 0 Å². The number of carbonyl (C=O) groups excluding carboxylic acids is 1. The maximum Gasteiger partial charge on any atom is 0.263 e. The summed E-state index contributed by atoms with van der Waals surface area (Å²) in [7, 11) is 0. The van der Waals surface area contributed by atoms with Gasteiger partial charge in [0.1, 0.15) is 0 Å². The highest BCUT2D eigenvalue weighted by Gasteiger charge is 2.36. The first kappa shape index (κ1) is 17.0. The molecule has 3 nitrogen and oxygen atoms in total. The fourth-order valence-corrected chi connectivity index (χ4v) is 5.06. The fourth-order valence-electron chi connectivity index (χ4n) is 3.89. The molecular formula is C19H30N2OS. The van der Waals surface area contributed by atoms with E-state index < -0.39 is 0 Å². The van der Waals surface area contributed by atoms with Crippen LogP contribution in [0.5, 0.6) is 0 Å². The molecule has 128 valence electrons. The van der Waals surface area contributed by atoms with Crippen LogP contribution in [-0.4, -0.2) is 30.4 Å². The number of fused-ring (bicyclic) bond motifs is 1. The van der Waals surface area contributed by atoms with Crippen LogP contribution < -0.4 is 5.73 Å². The number of hydrogen-bond acceptors (Lipinski definition) is 3. The minimum atomic E-state index is 0.101. The van der Waals surface area contributed by atoms with Gasteiger partial charge in [0.15, 0.2) is 0 Å². The largest absolute Gasteiger partial charge is 0.337 e. The van der Waals surface area contributed by atoms with Crippen molar-refractivity contribution in [2.75, 3.05) is 19.6 Å². The van der Waals surface area contributed by atoms with E-state index in [2.05, 4.69) is 33.8 Å². The van der Waals surface area contributed by atoms with Gasteiger partial charge in [0.25, 0.3) is 5.91 Å². The smallest absolute Gasteiger partial charge is 0.263 e. The Kier molecular flexibility index (Phi) is 4.35. The number of likely N-dealkylation sites (tertiary alicyclic amines) is 1. The van der Waals surface area contributed by atoms with Gasteiger partial charge >= 0.3 is 0 Å². The molecule has 1 aromatic rings. The molecule has 1 fully saturated rings. The van der Waals surface area contributed by atoms with Crippen molar-refractivity contribution in [2.24, 2.45) is 22.5 Å². The van der Waals surface area contributed by atoms with Crippen LogP contribution in [0.1, 0.15) is 60.6 Å². The number of carbonyl (C=O) groups is 1. The molecule has 4 heteroatoms. The van der Waals surface area contributed by atoms with Crippen LogP contribution in [-0.2, 0) is 12.8 Å². The first-order chi connectivity index (χ1) is 10.7. The van der Waals surface area contributed by atoms with Gasteiger partial charge in [0, 0.05) is 18.0 Å². The Morgan fingerprint density at radius 1 is 1.48 bits per heavy atom. The molecule has 3 rings (SSSR count). The second-order valence-corrected chi connectivity index (χ2v) is 9.99. The van der Waals surface area contributed by atoms with Crippen molar-refractivity contribution >= 4 is 17.2 Å². The second kappa shape index (κ2) is 5.89. The van der Waals surface area contributed by atoms with Crippen LogP contribution in [0.15, 0.2) is 6.07 Å². The highest BCUT2D eigenvalue weighted by atomic mass is 32.1. The maximum absolute atomic E-state index is 12.8. The number of hydrogen-bond donors (Lipinski definition) is 1. The summed E-state index contributed by atoms with van der Waals surface area (Å²) in [4.78, 5) is 17.2. The lowest BCUT2D eigenvalue weighted by molar-refractivity contribution is 0.0781. The third-order valence-electron chi connectivity index (χ3n) is 5.86. The Morgan fingerprint density at radius 2 is 2.22 bits per heavy atom. The van der Waals surface area contributed by atoms with Crippen LogP contribution in [0.2, 0.25) is 0 Å². The van der Waals surface area contributed by atoms with Crippen LogP contribution >= 0.6 is 11.3 Å². The van der Waals surface area contributed by atoms with Gasteiger partial charge in [-0.2, -0.15) is 0 Å². The van der Waals surface area contributed by atoms with Gasteiger partial charge in [-0.3, -0.25) is 4.79 Å². The average molecular weight is 335 g/mol. The zero-order valence-corrected chi connectivity index (χ0v) is 15.8. The third-order valence-corrected chi connectivity index (χ3v) is 7.08. The fraction of sp³-hybridized carbons (Fsp3) is 0.737. The molecule has 1 saturated heterocycles. The van der Waals surface area contributed by atoms with Crippen molar-refractivity contribution < 1.29 is 4.79 Å². The molecular weight excluding hydrogens is 304 g/mol. The summed E-state index contributed by atoms with van der Waals surface area (Å²) < 4.78 is 0. The van der Waals surface area contributed by atoms with E-state index in [0.717, 1.165) is 43.1 Å². The minimum absolute atomic E-state index is 0.101. The molecule has 1 amide bonds. The zero-order valence-electron chi connectivity index (χ0n) is 14.9. The predicted octanol–water partition coefficient (Wildman–Crippen LogP) is 3.71. The van der Waals surface area contributed by atoms with E-state index >= 15 is 0 Å². The average Bonchev–Trinajstić information content (AvgIpc) is 3.09. The monoisotopic (exact) mass is 334 g/mol. The molecule has 2 N–H and O–H groups in total. The molecule has 0 aromatic carbocycles. The van der Waals surface area contributed by atoms with Crippen molar-refractivity contribution in [2.45, 2.75) is 53.4 Å². The van der Waals surface area contributed by atoms with Crippen LogP contribution in [0.4, 0.5) is 0 Å². The van der Waals surface area contributed by atoms with E-state index in [4.69, 9.17) is 5.73 Å². The molecule has 2 aliphatic rings. The maximum atomic E-state index is 12.8. The number of thiophene rings is 1. The lowest BCUT2D eigenvalue weighted by Gasteiger charge is -2.33. The molecule has 0 radical (unpaired) electrons. The number of amides is 1. The summed E-state index contributed by atoms with van der Waals surface area (Å²) in [6, 6.07) is 2.18. The highest BCUT2D eigenvalue weighted by Crippen LogP contribution is 2.40. The van der Waals surface area contributed by atoms with E-state index in [1.165, 1.54) is 16.9 Å². The van der Waals surface area contributed by atoms with Gasteiger partial charge < -0.3 is 10.6 Å². The Labute approximate surface area is 144 Å². The Hall–Kier alpha value is -0.870. The van der Waals surface area contributed by atoms with Crippen LogP contribution in [0.25, 0.3) is 0 Å². The van der Waals surface area contributed by atoms with E-state index in [1.54, 1.807) is 11.3 Å². The molecule has 23 heavy (non-hydrogen) atoms. The molecule has 0 saturated carbocycles. The van der Waals surface area contributed by atoms with Gasteiger partial charge in [0.05, 0.1) is 4.88 Å². The lowest BCUT2D eigenvalue weighted by Crippen LogP contribution is -2.34. The topological polar surface area (TPSA) is 46.3 Å². The Balaban J connectivity index is 1.74. The Morgan fingerprint density at radius 3 is 2.83 bits per heavy atom. The van der Waals surface area contributed by atoms with Gasteiger partial charge in [-0.25, -0.2) is 0 Å². The molecule has 1 aliphatic heterocycles. The standard InChI is InChI=1S/C19H30N2OS/c1-18(2,3)14-5-6-15-13(9-14)10-16(23-15)17(22)21-8-7-19(4,11-20)12-21/h10,14H,5-9,11-12,20H2,1-4H3. The van der Waals surface area contributed by atoms with Crippen molar-refractivity contribution in [1.82, 2.24) is 4.90 Å². The predicted molar refractivity (Wildman–Crippen MR) is 97.0 cm³/mol. The first-order valence-corrected chi connectivity index (χ1v) is 9.64. The van der Waals surface area contributed by atoms with E-state index in [1.807, 2.05) is 4.90 Å². The summed E-state index contributed by atoms with van der Waals surface area (Å²) in [5.41, 5.74) is 7.74. The molecule has 2 atom stereocenters. The summed E-state index contributed by atoms with van der Waals surface area (Å²) in [5, 5.41) is 0. The number of nitrogens with zero attached hydrogens (tertiary/aromatic N) is 1. The summed E-state index contributed by atoms with van der Waals surface area (Å²) in [5.74, 6) is 0.939. The SMILES string of the molecule is CC1(CN)CCN(C(=O)c2cc3c(s2)CCC(C(C)(C)C)C3)C1.